The number of carbonyl (C=O) groups excluding carboxylic acids is 2. The van der Waals surface area contributed by atoms with Crippen molar-refractivity contribution in [3.8, 4) is 0 Å². The zero-order valence-electron chi connectivity index (χ0n) is 10.4. The van der Waals surface area contributed by atoms with E-state index in [2.05, 4.69) is 10.6 Å². The molecule has 0 aromatic rings. The summed E-state index contributed by atoms with van der Waals surface area (Å²) in [6.45, 7) is 2.37. The Morgan fingerprint density at radius 3 is 2.78 bits per heavy atom. The van der Waals surface area contributed by atoms with Gasteiger partial charge in [-0.1, -0.05) is 6.92 Å². The number of amides is 3. The molecule has 0 aromatic heterocycles. The van der Waals surface area contributed by atoms with Crippen LogP contribution in [-0.2, 0) is 9.59 Å². The van der Waals surface area contributed by atoms with Crippen LogP contribution in [0.1, 0.15) is 26.2 Å². The number of rotatable bonds is 5. The molecule has 1 unspecified atom stereocenters. The minimum Gasteiger partial charge on any atom is -0.480 e. The number of aliphatic carboxylic acids is 1. The highest BCUT2D eigenvalue weighted by Crippen LogP contribution is 2.04. The summed E-state index contributed by atoms with van der Waals surface area (Å²) in [5, 5.41) is 14.1. The molecular weight excluding hydrogens is 238 g/mol. The monoisotopic (exact) mass is 257 g/mol. The predicted octanol–water partition coefficient (Wildman–Crippen LogP) is -0.229. The molecule has 0 aromatic carbocycles. The van der Waals surface area contributed by atoms with Gasteiger partial charge in [-0.05, 0) is 12.8 Å². The van der Waals surface area contributed by atoms with Gasteiger partial charge in [0.05, 0.1) is 0 Å². The largest absolute Gasteiger partial charge is 0.480 e. The fraction of sp³-hybridized carbons (Fsp3) is 0.727. The molecule has 1 heterocycles. The van der Waals surface area contributed by atoms with E-state index >= 15 is 0 Å². The van der Waals surface area contributed by atoms with Crippen molar-refractivity contribution < 1.29 is 19.5 Å². The van der Waals surface area contributed by atoms with Gasteiger partial charge in [-0.25, -0.2) is 4.79 Å². The third kappa shape index (κ3) is 4.60. The van der Waals surface area contributed by atoms with Crippen LogP contribution in [0.25, 0.3) is 0 Å². The molecule has 7 nitrogen and oxygen atoms in total. The predicted molar refractivity (Wildman–Crippen MR) is 64.1 cm³/mol. The highest BCUT2D eigenvalue weighted by Gasteiger charge is 2.22. The minimum absolute atomic E-state index is 0.0172. The van der Waals surface area contributed by atoms with Crippen LogP contribution in [0.15, 0.2) is 0 Å². The van der Waals surface area contributed by atoms with E-state index in [1.807, 2.05) is 6.92 Å². The van der Waals surface area contributed by atoms with Crippen molar-refractivity contribution in [2.75, 3.05) is 19.6 Å². The van der Waals surface area contributed by atoms with Crippen LogP contribution >= 0.6 is 0 Å². The van der Waals surface area contributed by atoms with Gasteiger partial charge in [-0.3, -0.25) is 9.59 Å². The molecule has 1 atom stereocenters. The Labute approximate surface area is 106 Å². The van der Waals surface area contributed by atoms with Gasteiger partial charge in [0, 0.05) is 25.6 Å². The average Bonchev–Trinajstić information content (AvgIpc) is 2.31. The van der Waals surface area contributed by atoms with Crippen molar-refractivity contribution >= 4 is 17.9 Å². The summed E-state index contributed by atoms with van der Waals surface area (Å²) < 4.78 is 0. The average molecular weight is 257 g/mol. The van der Waals surface area contributed by atoms with Crippen LogP contribution in [-0.4, -0.2) is 53.6 Å². The Hall–Kier alpha value is -1.79. The van der Waals surface area contributed by atoms with Crippen LogP contribution in [0.2, 0.25) is 0 Å². The Bertz CT molecular complexity index is 322. The van der Waals surface area contributed by atoms with E-state index < -0.39 is 5.97 Å². The van der Waals surface area contributed by atoms with E-state index in [9.17, 15) is 14.4 Å². The molecule has 1 rings (SSSR count). The molecule has 0 aliphatic carbocycles. The molecule has 1 saturated heterocycles. The lowest BCUT2D eigenvalue weighted by Gasteiger charge is -2.27. The maximum Gasteiger partial charge on any atom is 0.323 e. The molecule has 0 radical (unpaired) electrons. The Morgan fingerprint density at radius 2 is 2.28 bits per heavy atom. The highest BCUT2D eigenvalue weighted by molar-refractivity contribution is 5.81. The molecule has 3 amide bonds. The molecule has 1 aliphatic rings. The Balaban J connectivity index is 2.45. The van der Waals surface area contributed by atoms with Crippen LogP contribution in [0.3, 0.4) is 0 Å². The standard InChI is InChI=1S/C11H19N3O4/c1-2-5-14(7-10(16)17)11(18)13-8-3-4-9(15)12-6-8/h8H,2-7H2,1H3,(H,12,15)(H,13,18)(H,16,17). The van der Waals surface area contributed by atoms with Gasteiger partial charge in [0.1, 0.15) is 6.54 Å². The van der Waals surface area contributed by atoms with E-state index in [4.69, 9.17) is 5.11 Å². The van der Waals surface area contributed by atoms with Gasteiger partial charge in [0.15, 0.2) is 0 Å². The third-order valence-electron chi connectivity index (χ3n) is 2.70. The normalized spacial score (nSPS) is 18.9. The van der Waals surface area contributed by atoms with Gasteiger partial charge in [-0.15, -0.1) is 0 Å². The van der Waals surface area contributed by atoms with Gasteiger partial charge in [0.2, 0.25) is 5.91 Å². The van der Waals surface area contributed by atoms with Crippen LogP contribution in [0.5, 0.6) is 0 Å². The van der Waals surface area contributed by atoms with Gasteiger partial charge < -0.3 is 20.6 Å². The highest BCUT2D eigenvalue weighted by atomic mass is 16.4. The number of nitrogens with one attached hydrogen (secondary N) is 2. The fourth-order valence-corrected chi connectivity index (χ4v) is 1.81. The lowest BCUT2D eigenvalue weighted by Crippen LogP contribution is -2.52. The first-order valence-electron chi connectivity index (χ1n) is 6.06. The second-order valence-electron chi connectivity index (χ2n) is 4.30. The zero-order valence-corrected chi connectivity index (χ0v) is 10.4. The van der Waals surface area contributed by atoms with Crippen LogP contribution in [0, 0.1) is 0 Å². The first-order chi connectivity index (χ1) is 8.52. The number of hydrogen-bond acceptors (Lipinski definition) is 3. The number of nitrogens with zero attached hydrogens (tertiary/aromatic N) is 1. The van der Waals surface area contributed by atoms with Crippen molar-refractivity contribution in [3.63, 3.8) is 0 Å². The van der Waals surface area contributed by atoms with Crippen molar-refractivity contribution in [1.82, 2.24) is 15.5 Å². The van der Waals surface area contributed by atoms with Crippen LogP contribution in [0.4, 0.5) is 4.79 Å². The SMILES string of the molecule is CCCN(CC(=O)O)C(=O)NC1CCC(=O)NC1. The summed E-state index contributed by atoms with van der Waals surface area (Å²) in [6.07, 6.45) is 1.67. The summed E-state index contributed by atoms with van der Waals surface area (Å²) in [6, 6.07) is -0.510. The van der Waals surface area contributed by atoms with E-state index in [0.717, 1.165) is 0 Å². The molecular formula is C11H19N3O4. The first kappa shape index (κ1) is 14.3. The molecule has 18 heavy (non-hydrogen) atoms. The maximum absolute atomic E-state index is 11.9. The van der Waals surface area contributed by atoms with E-state index in [0.29, 0.717) is 32.4 Å². The molecule has 1 aliphatic heterocycles. The molecule has 1 fully saturated rings. The van der Waals surface area contributed by atoms with Gasteiger partial charge in [0.25, 0.3) is 0 Å². The van der Waals surface area contributed by atoms with Crippen LogP contribution < -0.4 is 10.6 Å². The molecule has 102 valence electrons. The Kier molecular flexibility index (Phi) is 5.41. The second kappa shape index (κ2) is 6.83. The smallest absolute Gasteiger partial charge is 0.323 e. The summed E-state index contributed by atoms with van der Waals surface area (Å²) in [5.74, 6) is -1.05. The van der Waals surface area contributed by atoms with Gasteiger partial charge in [-0.2, -0.15) is 0 Å². The number of urea groups is 1. The topological polar surface area (TPSA) is 98.7 Å². The summed E-state index contributed by atoms with van der Waals surface area (Å²) in [4.78, 5) is 34.7. The first-order valence-corrected chi connectivity index (χ1v) is 6.06. The fourth-order valence-electron chi connectivity index (χ4n) is 1.81. The molecule has 0 spiro atoms. The molecule has 0 bridgehead atoms. The lowest BCUT2D eigenvalue weighted by atomic mass is 10.1. The van der Waals surface area contributed by atoms with E-state index in [-0.39, 0.29) is 24.5 Å². The molecule has 3 N–H and O–H groups in total. The van der Waals surface area contributed by atoms with Crippen molar-refractivity contribution in [1.29, 1.82) is 0 Å². The zero-order chi connectivity index (χ0) is 13.5. The van der Waals surface area contributed by atoms with Crippen molar-refractivity contribution in [2.24, 2.45) is 0 Å². The molecule has 0 saturated carbocycles. The summed E-state index contributed by atoms with van der Waals surface area (Å²) in [7, 11) is 0. The van der Waals surface area contributed by atoms with Crippen molar-refractivity contribution in [3.05, 3.63) is 0 Å². The lowest BCUT2D eigenvalue weighted by molar-refractivity contribution is -0.137. The molecule has 7 heteroatoms. The second-order valence-corrected chi connectivity index (χ2v) is 4.30. The number of carbonyl (C=O) groups is 3. The van der Waals surface area contributed by atoms with E-state index in [1.165, 1.54) is 4.90 Å². The summed E-state index contributed by atoms with van der Waals surface area (Å²) in [5.41, 5.74) is 0. The number of carboxylic acid groups (broad SMARTS) is 1. The van der Waals surface area contributed by atoms with E-state index in [1.54, 1.807) is 0 Å². The Morgan fingerprint density at radius 1 is 1.56 bits per heavy atom. The van der Waals surface area contributed by atoms with Crippen molar-refractivity contribution in [2.45, 2.75) is 32.2 Å². The summed E-state index contributed by atoms with van der Waals surface area (Å²) >= 11 is 0. The number of carboxylic acids is 1. The van der Waals surface area contributed by atoms with Gasteiger partial charge >= 0.3 is 12.0 Å². The number of hydrogen-bond donors (Lipinski definition) is 3. The maximum atomic E-state index is 11.9. The quantitative estimate of drug-likeness (QED) is 0.633. The minimum atomic E-state index is -1.03. The third-order valence-corrected chi connectivity index (χ3v) is 2.70. The number of piperidine rings is 1.